The number of carboxylic acid groups (broad SMARTS) is 1. The Hall–Kier alpha value is -3.12. The smallest absolute Gasteiger partial charge is 0.412 e. The lowest BCUT2D eigenvalue weighted by Gasteiger charge is -2.14. The van der Waals surface area contributed by atoms with Crippen LogP contribution in [0.2, 0.25) is 0 Å². The summed E-state index contributed by atoms with van der Waals surface area (Å²) in [6, 6.07) is 17.6. The molecule has 1 aromatic heterocycles. The van der Waals surface area contributed by atoms with E-state index in [1.54, 1.807) is 0 Å². The van der Waals surface area contributed by atoms with Crippen LogP contribution < -0.4 is 5.32 Å². The van der Waals surface area contributed by atoms with Gasteiger partial charge in [0.1, 0.15) is 6.61 Å². The van der Waals surface area contributed by atoms with Gasteiger partial charge in [0, 0.05) is 11.3 Å². The minimum absolute atomic E-state index is 0.00827. The predicted octanol–water partition coefficient (Wildman–Crippen LogP) is 4.81. The summed E-state index contributed by atoms with van der Waals surface area (Å²) in [4.78, 5) is 23.0. The summed E-state index contributed by atoms with van der Waals surface area (Å²) in [7, 11) is 0. The molecule has 0 atom stereocenters. The Balaban J connectivity index is 1.47. The topological polar surface area (TPSA) is 75.6 Å². The van der Waals surface area contributed by atoms with Crippen molar-refractivity contribution in [3.8, 4) is 11.1 Å². The van der Waals surface area contributed by atoms with Crippen LogP contribution in [0.4, 0.5) is 9.80 Å². The number of carbonyl (C=O) groups excluding carboxylic acids is 1. The van der Waals surface area contributed by atoms with Crippen LogP contribution in [0.1, 0.15) is 27.4 Å². The Kier molecular flexibility index (Phi) is 4.18. The van der Waals surface area contributed by atoms with Gasteiger partial charge in [0.2, 0.25) is 0 Å². The summed E-state index contributed by atoms with van der Waals surface area (Å²) in [6.07, 6.45) is -0.592. The van der Waals surface area contributed by atoms with Crippen molar-refractivity contribution in [2.45, 2.75) is 5.92 Å². The van der Waals surface area contributed by atoms with Crippen molar-refractivity contribution >= 4 is 28.4 Å². The highest BCUT2D eigenvalue weighted by Crippen LogP contribution is 2.44. The first-order valence-corrected chi connectivity index (χ1v) is 8.95. The number of hydrogen-bond donors (Lipinski definition) is 2. The summed E-state index contributed by atoms with van der Waals surface area (Å²) in [6.45, 7) is 0.219. The SMILES string of the molecule is O=C(Nc1cc(C(=O)O)cs1)OCC1c2ccccc2-c2ccccc21. The quantitative estimate of drug-likeness (QED) is 0.696. The van der Waals surface area contributed by atoms with Gasteiger partial charge in [-0.2, -0.15) is 0 Å². The van der Waals surface area contributed by atoms with E-state index in [9.17, 15) is 9.59 Å². The molecule has 2 aromatic carbocycles. The number of carbonyl (C=O) groups is 2. The van der Waals surface area contributed by atoms with Crippen LogP contribution >= 0.6 is 11.3 Å². The fraction of sp³-hybridized carbons (Fsp3) is 0.100. The number of rotatable bonds is 4. The van der Waals surface area contributed by atoms with Crippen molar-refractivity contribution in [3.63, 3.8) is 0 Å². The molecule has 0 radical (unpaired) electrons. The predicted molar refractivity (Wildman–Crippen MR) is 100.0 cm³/mol. The van der Waals surface area contributed by atoms with Crippen molar-refractivity contribution in [2.24, 2.45) is 0 Å². The molecule has 3 aromatic rings. The molecule has 0 aliphatic heterocycles. The van der Waals surface area contributed by atoms with Crippen LogP contribution in [0, 0.1) is 0 Å². The third kappa shape index (κ3) is 2.95. The zero-order valence-electron chi connectivity index (χ0n) is 13.6. The zero-order chi connectivity index (χ0) is 18.1. The van der Waals surface area contributed by atoms with E-state index < -0.39 is 12.1 Å². The average Bonchev–Trinajstić information content (AvgIpc) is 3.23. The van der Waals surface area contributed by atoms with Crippen LogP contribution in [0.5, 0.6) is 0 Å². The lowest BCUT2D eigenvalue weighted by Crippen LogP contribution is -2.17. The molecule has 6 heteroatoms. The Morgan fingerprint density at radius 3 is 2.23 bits per heavy atom. The zero-order valence-corrected chi connectivity index (χ0v) is 14.5. The molecule has 2 N–H and O–H groups in total. The monoisotopic (exact) mass is 365 g/mol. The largest absolute Gasteiger partial charge is 0.478 e. The van der Waals surface area contributed by atoms with Gasteiger partial charge in [-0.05, 0) is 28.3 Å². The number of carboxylic acids is 1. The number of amides is 1. The molecule has 0 saturated carbocycles. The van der Waals surface area contributed by atoms with E-state index in [4.69, 9.17) is 9.84 Å². The van der Waals surface area contributed by atoms with Crippen LogP contribution in [-0.2, 0) is 4.74 Å². The second-order valence-electron chi connectivity index (χ2n) is 5.96. The van der Waals surface area contributed by atoms with E-state index in [-0.39, 0.29) is 18.1 Å². The number of fused-ring (bicyclic) bond motifs is 3. The molecule has 0 fully saturated rings. The number of nitrogens with one attached hydrogen (secondary N) is 1. The molecule has 130 valence electrons. The second kappa shape index (κ2) is 6.65. The molecule has 4 rings (SSSR count). The van der Waals surface area contributed by atoms with Gasteiger partial charge in [-0.1, -0.05) is 48.5 Å². The first kappa shape index (κ1) is 16.4. The molecule has 1 amide bonds. The second-order valence-corrected chi connectivity index (χ2v) is 6.87. The van der Waals surface area contributed by atoms with Crippen molar-refractivity contribution in [1.82, 2.24) is 0 Å². The number of ether oxygens (including phenoxy) is 1. The highest BCUT2D eigenvalue weighted by Gasteiger charge is 2.29. The molecule has 26 heavy (non-hydrogen) atoms. The van der Waals surface area contributed by atoms with E-state index >= 15 is 0 Å². The van der Waals surface area contributed by atoms with Crippen molar-refractivity contribution in [2.75, 3.05) is 11.9 Å². The lowest BCUT2D eigenvalue weighted by molar-refractivity contribution is 0.0697. The third-order valence-electron chi connectivity index (χ3n) is 4.42. The Morgan fingerprint density at radius 2 is 1.65 bits per heavy atom. The van der Waals surface area contributed by atoms with Gasteiger partial charge in [0.25, 0.3) is 0 Å². The van der Waals surface area contributed by atoms with Gasteiger partial charge in [-0.3, -0.25) is 5.32 Å². The average molecular weight is 365 g/mol. The molecule has 0 spiro atoms. The van der Waals surface area contributed by atoms with E-state index in [2.05, 4.69) is 29.6 Å². The van der Waals surface area contributed by atoms with E-state index in [0.717, 1.165) is 22.5 Å². The van der Waals surface area contributed by atoms with E-state index in [1.165, 1.54) is 22.6 Å². The normalized spacial score (nSPS) is 12.3. The number of benzene rings is 2. The molecule has 1 heterocycles. The van der Waals surface area contributed by atoms with Crippen molar-refractivity contribution in [1.29, 1.82) is 0 Å². The molecule has 1 aliphatic carbocycles. The number of hydrogen-bond acceptors (Lipinski definition) is 4. The standard InChI is InChI=1S/C20H15NO4S/c22-19(23)12-9-18(26-11-12)21-20(24)25-10-17-15-7-3-1-5-13(15)14-6-2-4-8-16(14)17/h1-9,11,17H,10H2,(H,21,24)(H,22,23). The molecular weight excluding hydrogens is 350 g/mol. The minimum Gasteiger partial charge on any atom is -0.478 e. The summed E-state index contributed by atoms with van der Waals surface area (Å²) >= 11 is 1.15. The Labute approximate surface area is 153 Å². The fourth-order valence-electron chi connectivity index (χ4n) is 3.25. The maximum atomic E-state index is 12.1. The van der Waals surface area contributed by atoms with Gasteiger partial charge in [0.05, 0.1) is 10.6 Å². The molecule has 5 nitrogen and oxygen atoms in total. The summed E-state index contributed by atoms with van der Waals surface area (Å²) in [5, 5.41) is 13.4. The molecular formula is C20H15NO4S. The van der Waals surface area contributed by atoms with Gasteiger partial charge >= 0.3 is 12.1 Å². The van der Waals surface area contributed by atoms with Crippen LogP contribution in [0.15, 0.2) is 60.0 Å². The van der Waals surface area contributed by atoms with Gasteiger partial charge in [-0.15, -0.1) is 11.3 Å². The maximum Gasteiger partial charge on any atom is 0.412 e. The molecule has 0 unspecified atom stereocenters. The number of anilines is 1. The Morgan fingerprint density at radius 1 is 1.04 bits per heavy atom. The number of thiophene rings is 1. The summed E-state index contributed by atoms with van der Waals surface area (Å²) < 4.78 is 5.42. The first-order chi connectivity index (χ1) is 12.6. The van der Waals surface area contributed by atoms with Crippen molar-refractivity contribution in [3.05, 3.63) is 76.7 Å². The molecule has 0 bridgehead atoms. The summed E-state index contributed by atoms with van der Waals surface area (Å²) in [5.74, 6) is -1.03. The van der Waals surface area contributed by atoms with Gasteiger partial charge < -0.3 is 9.84 Å². The minimum atomic E-state index is -1.03. The first-order valence-electron chi connectivity index (χ1n) is 8.07. The van der Waals surface area contributed by atoms with Crippen LogP contribution in [0.3, 0.4) is 0 Å². The lowest BCUT2D eigenvalue weighted by atomic mass is 9.98. The highest BCUT2D eigenvalue weighted by molar-refractivity contribution is 7.14. The van der Waals surface area contributed by atoms with Gasteiger partial charge in [-0.25, -0.2) is 9.59 Å². The number of aromatic carboxylic acids is 1. The highest BCUT2D eigenvalue weighted by atomic mass is 32.1. The van der Waals surface area contributed by atoms with Gasteiger partial charge in [0.15, 0.2) is 0 Å². The third-order valence-corrected chi connectivity index (χ3v) is 5.26. The van der Waals surface area contributed by atoms with Crippen LogP contribution in [0.25, 0.3) is 11.1 Å². The van der Waals surface area contributed by atoms with E-state index in [1.807, 2.05) is 24.3 Å². The Bertz CT molecular complexity index is 949. The maximum absolute atomic E-state index is 12.1. The summed E-state index contributed by atoms with van der Waals surface area (Å²) in [5.41, 5.74) is 4.77. The van der Waals surface area contributed by atoms with E-state index in [0.29, 0.717) is 5.00 Å². The van der Waals surface area contributed by atoms with Crippen molar-refractivity contribution < 1.29 is 19.4 Å². The molecule has 1 aliphatic rings. The molecule has 0 saturated heterocycles. The fourth-order valence-corrected chi connectivity index (χ4v) is 4.01. The van der Waals surface area contributed by atoms with Crippen LogP contribution in [-0.4, -0.2) is 23.8 Å².